The molecule has 0 saturated carbocycles. The standard InChI is InChI=1S/C24H28BrClN2O4/c1-30-10-11-31-21-6-7-23(25)18(13-21)12-17-8-9-27(14-17)15-22-16-28(24(29)32-22)20-4-2-19(26)3-5-20/h2-7,13,17,22H,8-12,14-16H2,1H3. The van der Waals surface area contributed by atoms with Crippen LogP contribution >= 0.6 is 27.5 Å². The van der Waals surface area contributed by atoms with Gasteiger partial charge in [-0.25, -0.2) is 4.79 Å². The summed E-state index contributed by atoms with van der Waals surface area (Å²) in [4.78, 5) is 16.4. The number of hydrogen-bond donors (Lipinski definition) is 0. The number of amides is 1. The predicted octanol–water partition coefficient (Wildman–Crippen LogP) is 5.02. The third-order valence-corrected chi connectivity index (χ3v) is 6.95. The highest BCUT2D eigenvalue weighted by Gasteiger charge is 2.35. The minimum Gasteiger partial charge on any atom is -0.491 e. The van der Waals surface area contributed by atoms with E-state index in [2.05, 4.69) is 26.9 Å². The number of rotatable bonds is 9. The lowest BCUT2D eigenvalue weighted by molar-refractivity contribution is 0.115. The van der Waals surface area contributed by atoms with Gasteiger partial charge in [-0.2, -0.15) is 0 Å². The Morgan fingerprint density at radius 1 is 1.16 bits per heavy atom. The van der Waals surface area contributed by atoms with E-state index in [1.165, 1.54) is 5.56 Å². The van der Waals surface area contributed by atoms with Crippen molar-refractivity contribution in [2.24, 2.45) is 5.92 Å². The maximum atomic E-state index is 12.3. The van der Waals surface area contributed by atoms with E-state index in [0.717, 1.165) is 48.4 Å². The van der Waals surface area contributed by atoms with E-state index >= 15 is 0 Å². The van der Waals surface area contributed by atoms with E-state index in [-0.39, 0.29) is 12.2 Å². The molecular formula is C24H28BrClN2O4. The first kappa shape index (κ1) is 23.4. The van der Waals surface area contributed by atoms with Crippen molar-refractivity contribution in [1.82, 2.24) is 4.90 Å². The molecule has 0 bridgehead atoms. The zero-order chi connectivity index (χ0) is 22.5. The molecule has 2 aromatic rings. The Kier molecular flexibility index (Phi) is 7.94. The minimum absolute atomic E-state index is 0.124. The number of anilines is 1. The average Bonchev–Trinajstić information content (AvgIpc) is 3.37. The van der Waals surface area contributed by atoms with Gasteiger partial charge in [-0.1, -0.05) is 27.5 Å². The number of nitrogens with zero attached hydrogens (tertiary/aromatic N) is 2. The second kappa shape index (κ2) is 10.9. The van der Waals surface area contributed by atoms with Gasteiger partial charge in [0.25, 0.3) is 0 Å². The molecule has 0 aromatic heterocycles. The molecule has 2 atom stereocenters. The molecule has 4 rings (SSSR count). The zero-order valence-electron chi connectivity index (χ0n) is 18.1. The van der Waals surface area contributed by atoms with Gasteiger partial charge in [0.1, 0.15) is 18.5 Å². The quantitative estimate of drug-likeness (QED) is 0.432. The predicted molar refractivity (Wildman–Crippen MR) is 129 cm³/mol. The summed E-state index contributed by atoms with van der Waals surface area (Å²) < 4.78 is 17.6. The molecule has 8 heteroatoms. The number of carbonyl (C=O) groups is 1. The Bertz CT molecular complexity index is 927. The third-order valence-electron chi connectivity index (χ3n) is 5.93. The van der Waals surface area contributed by atoms with Gasteiger partial charge in [-0.3, -0.25) is 9.80 Å². The highest BCUT2D eigenvalue weighted by atomic mass is 79.9. The highest BCUT2D eigenvalue weighted by molar-refractivity contribution is 9.10. The maximum Gasteiger partial charge on any atom is 0.414 e. The highest BCUT2D eigenvalue weighted by Crippen LogP contribution is 2.29. The summed E-state index contributed by atoms with van der Waals surface area (Å²) >= 11 is 9.64. The number of benzene rings is 2. The monoisotopic (exact) mass is 522 g/mol. The summed E-state index contributed by atoms with van der Waals surface area (Å²) in [6, 6.07) is 13.4. The van der Waals surface area contributed by atoms with Crippen LogP contribution in [0.2, 0.25) is 5.02 Å². The molecule has 2 unspecified atom stereocenters. The van der Waals surface area contributed by atoms with E-state index in [4.69, 9.17) is 25.8 Å². The van der Waals surface area contributed by atoms with Crippen LogP contribution in [0.4, 0.5) is 10.5 Å². The third kappa shape index (κ3) is 5.95. The Labute approximate surface area is 202 Å². The molecule has 6 nitrogen and oxygen atoms in total. The van der Waals surface area contributed by atoms with Crippen LogP contribution in [0.15, 0.2) is 46.9 Å². The van der Waals surface area contributed by atoms with E-state index in [1.54, 1.807) is 24.1 Å². The van der Waals surface area contributed by atoms with Gasteiger partial charge in [0.2, 0.25) is 0 Å². The van der Waals surface area contributed by atoms with Crippen molar-refractivity contribution in [3.63, 3.8) is 0 Å². The molecule has 2 aliphatic heterocycles. The van der Waals surface area contributed by atoms with Gasteiger partial charge in [0.15, 0.2) is 0 Å². The second-order valence-electron chi connectivity index (χ2n) is 8.31. The first-order valence-corrected chi connectivity index (χ1v) is 12.0. The fraction of sp³-hybridized carbons (Fsp3) is 0.458. The van der Waals surface area contributed by atoms with Crippen LogP contribution in [-0.2, 0) is 15.9 Å². The van der Waals surface area contributed by atoms with Gasteiger partial charge < -0.3 is 14.2 Å². The molecule has 2 aromatic carbocycles. The second-order valence-corrected chi connectivity index (χ2v) is 9.60. The van der Waals surface area contributed by atoms with Crippen LogP contribution in [0.25, 0.3) is 0 Å². The molecule has 172 valence electrons. The molecule has 0 N–H and O–H groups in total. The number of cyclic esters (lactones) is 1. The topological polar surface area (TPSA) is 51.2 Å². The number of halogens is 2. The summed E-state index contributed by atoms with van der Waals surface area (Å²) in [5.41, 5.74) is 2.08. The van der Waals surface area contributed by atoms with Crippen molar-refractivity contribution in [1.29, 1.82) is 0 Å². The van der Waals surface area contributed by atoms with Crippen molar-refractivity contribution < 1.29 is 19.0 Å². The molecule has 0 radical (unpaired) electrons. The van der Waals surface area contributed by atoms with Crippen LogP contribution in [0.5, 0.6) is 5.75 Å². The average molecular weight is 524 g/mol. The number of ether oxygens (including phenoxy) is 3. The van der Waals surface area contributed by atoms with Crippen molar-refractivity contribution in [3.05, 3.63) is 57.5 Å². The van der Waals surface area contributed by atoms with Gasteiger partial charge in [-0.05, 0) is 73.3 Å². The zero-order valence-corrected chi connectivity index (χ0v) is 20.5. The molecule has 2 saturated heterocycles. The lowest BCUT2D eigenvalue weighted by Gasteiger charge is -2.19. The number of hydrogen-bond acceptors (Lipinski definition) is 5. The largest absolute Gasteiger partial charge is 0.491 e. The van der Waals surface area contributed by atoms with Gasteiger partial charge in [0, 0.05) is 35.4 Å². The summed E-state index contributed by atoms with van der Waals surface area (Å²) in [5.74, 6) is 1.43. The molecule has 0 aliphatic carbocycles. The van der Waals surface area contributed by atoms with Crippen LogP contribution in [-0.4, -0.2) is 63.6 Å². The molecular weight excluding hydrogens is 496 g/mol. The van der Waals surface area contributed by atoms with E-state index in [1.807, 2.05) is 24.3 Å². The number of methoxy groups -OCH3 is 1. The van der Waals surface area contributed by atoms with E-state index < -0.39 is 0 Å². The smallest absolute Gasteiger partial charge is 0.414 e. The molecule has 0 spiro atoms. The van der Waals surface area contributed by atoms with Crippen LogP contribution in [0.1, 0.15) is 12.0 Å². The van der Waals surface area contributed by atoms with Gasteiger partial charge in [0.05, 0.1) is 13.2 Å². The minimum atomic E-state index is -0.290. The number of carbonyl (C=O) groups excluding carboxylic acids is 1. The SMILES string of the molecule is COCCOc1ccc(Br)c(CC2CCN(CC3CN(c4ccc(Cl)cc4)C(=O)O3)C2)c1. The Morgan fingerprint density at radius 2 is 1.97 bits per heavy atom. The summed E-state index contributed by atoms with van der Waals surface area (Å²) in [6.07, 6.45) is 1.70. The van der Waals surface area contributed by atoms with Crippen LogP contribution in [0, 0.1) is 5.92 Å². The van der Waals surface area contributed by atoms with E-state index in [0.29, 0.717) is 30.7 Å². The first-order chi connectivity index (χ1) is 15.5. The fourth-order valence-electron chi connectivity index (χ4n) is 4.33. The number of likely N-dealkylation sites (tertiary alicyclic amines) is 1. The van der Waals surface area contributed by atoms with Crippen LogP contribution in [0.3, 0.4) is 0 Å². The fourth-order valence-corrected chi connectivity index (χ4v) is 4.87. The molecule has 2 fully saturated rings. The molecule has 2 aliphatic rings. The van der Waals surface area contributed by atoms with Gasteiger partial charge in [-0.15, -0.1) is 0 Å². The Morgan fingerprint density at radius 3 is 2.75 bits per heavy atom. The van der Waals surface area contributed by atoms with Crippen molar-refractivity contribution in [3.8, 4) is 5.75 Å². The molecule has 2 heterocycles. The van der Waals surface area contributed by atoms with Crippen LogP contribution < -0.4 is 9.64 Å². The maximum absolute atomic E-state index is 12.3. The van der Waals surface area contributed by atoms with Crippen molar-refractivity contribution in [2.45, 2.75) is 18.9 Å². The van der Waals surface area contributed by atoms with Crippen molar-refractivity contribution >= 4 is 39.3 Å². The molecule has 32 heavy (non-hydrogen) atoms. The first-order valence-electron chi connectivity index (χ1n) is 10.9. The normalized spacial score (nSPS) is 21.2. The Hall–Kier alpha value is -1.80. The van der Waals surface area contributed by atoms with E-state index in [9.17, 15) is 4.79 Å². The lowest BCUT2D eigenvalue weighted by Crippen LogP contribution is -2.33. The summed E-state index contributed by atoms with van der Waals surface area (Å²) in [6.45, 7) is 4.45. The van der Waals surface area contributed by atoms with Crippen molar-refractivity contribution in [2.75, 3.05) is 51.4 Å². The summed E-state index contributed by atoms with van der Waals surface area (Å²) in [7, 11) is 1.67. The molecule has 1 amide bonds. The Balaban J connectivity index is 1.28. The lowest BCUT2D eigenvalue weighted by atomic mass is 9.98. The summed E-state index contributed by atoms with van der Waals surface area (Å²) in [5, 5.41) is 0.652. The van der Waals surface area contributed by atoms with Gasteiger partial charge >= 0.3 is 6.09 Å².